The van der Waals surface area contributed by atoms with Crippen LogP contribution in [0, 0.1) is 5.41 Å². The Bertz CT molecular complexity index is 336. The minimum Gasteiger partial charge on any atom is -0.481 e. The third kappa shape index (κ3) is 4.58. The Morgan fingerprint density at radius 3 is 2.53 bits per heavy atom. The van der Waals surface area contributed by atoms with Crippen LogP contribution in [0.25, 0.3) is 0 Å². The third-order valence-corrected chi connectivity index (χ3v) is 3.75. The molecule has 1 fully saturated rings. The maximum absolute atomic E-state index is 11.7. The van der Waals surface area contributed by atoms with E-state index in [-0.39, 0.29) is 18.6 Å². The molecule has 0 aromatic carbocycles. The monoisotopic (exact) mass is 268 g/mol. The Balaban J connectivity index is 2.46. The van der Waals surface area contributed by atoms with Gasteiger partial charge in [0.2, 0.25) is 0 Å². The van der Waals surface area contributed by atoms with Gasteiger partial charge in [0.05, 0.1) is 5.41 Å². The summed E-state index contributed by atoms with van der Waals surface area (Å²) < 4.78 is 0. The van der Waals surface area contributed by atoms with Gasteiger partial charge in [0.15, 0.2) is 0 Å². The Kier molecular flexibility index (Phi) is 5.86. The first-order chi connectivity index (χ1) is 9.00. The highest BCUT2D eigenvalue weighted by Gasteiger charge is 2.39. The maximum atomic E-state index is 11.7. The highest BCUT2D eigenvalue weighted by atomic mass is 16.4. The summed E-state index contributed by atoms with van der Waals surface area (Å²) in [4.78, 5) is 23.1. The molecule has 2 amide bonds. The number of carbonyl (C=O) groups is 2. The van der Waals surface area contributed by atoms with Crippen LogP contribution < -0.4 is 10.6 Å². The minimum atomic E-state index is -0.799. The average Bonchev–Trinajstić information content (AvgIpc) is 2.37. The molecule has 0 heterocycles. The lowest BCUT2D eigenvalue weighted by atomic mass is 9.74. The molecule has 108 valence electrons. The van der Waals surface area contributed by atoms with Crippen LogP contribution in [-0.2, 0) is 4.79 Å². The van der Waals surface area contributed by atoms with E-state index in [0.29, 0.717) is 19.3 Å². The normalized spacial score (nSPS) is 19.2. The van der Waals surface area contributed by atoms with Crippen molar-refractivity contribution < 1.29 is 14.7 Å². The molecule has 1 rings (SSSR count). The first kappa shape index (κ1) is 15.5. The van der Waals surface area contributed by atoms with Crippen molar-refractivity contribution in [1.29, 1.82) is 0 Å². The van der Waals surface area contributed by atoms with E-state index in [2.05, 4.69) is 17.2 Å². The van der Waals surface area contributed by atoms with Gasteiger partial charge in [0.1, 0.15) is 0 Å². The molecule has 1 atom stereocenters. The summed E-state index contributed by atoms with van der Waals surface area (Å²) >= 11 is 0. The molecule has 0 aliphatic heterocycles. The number of nitrogens with one attached hydrogen (secondary N) is 2. The number of carboxylic acid groups (broad SMARTS) is 1. The van der Waals surface area contributed by atoms with Crippen LogP contribution >= 0.6 is 0 Å². The van der Waals surface area contributed by atoms with E-state index < -0.39 is 11.4 Å². The number of carbonyl (C=O) groups excluding carboxylic acids is 1. The van der Waals surface area contributed by atoms with Crippen molar-refractivity contribution in [1.82, 2.24) is 10.6 Å². The van der Waals surface area contributed by atoms with E-state index in [4.69, 9.17) is 0 Å². The van der Waals surface area contributed by atoms with E-state index in [9.17, 15) is 14.7 Å². The fraction of sp³-hybridized carbons (Fsp3) is 0.714. The molecule has 0 spiro atoms. The van der Waals surface area contributed by atoms with Crippen LogP contribution in [0.1, 0.15) is 45.4 Å². The van der Waals surface area contributed by atoms with Crippen molar-refractivity contribution >= 4 is 12.0 Å². The molecule has 0 aromatic heterocycles. The van der Waals surface area contributed by atoms with Crippen molar-refractivity contribution in [3.8, 4) is 0 Å². The average molecular weight is 268 g/mol. The molecule has 1 aliphatic rings. The Hall–Kier alpha value is -1.52. The van der Waals surface area contributed by atoms with Gasteiger partial charge < -0.3 is 15.7 Å². The van der Waals surface area contributed by atoms with Gasteiger partial charge in [0, 0.05) is 12.6 Å². The Morgan fingerprint density at radius 2 is 2.00 bits per heavy atom. The maximum Gasteiger partial charge on any atom is 0.315 e. The van der Waals surface area contributed by atoms with Gasteiger partial charge in [-0.05, 0) is 26.2 Å². The second-order valence-electron chi connectivity index (χ2n) is 5.40. The summed E-state index contributed by atoms with van der Waals surface area (Å²) in [5.41, 5.74) is -0.780. The van der Waals surface area contributed by atoms with Crippen molar-refractivity contribution in [2.45, 2.75) is 51.5 Å². The molecule has 1 unspecified atom stereocenters. The molecule has 0 aromatic rings. The molecule has 3 N–H and O–H groups in total. The lowest BCUT2D eigenvalue weighted by Gasteiger charge is -2.33. The first-order valence-corrected chi connectivity index (χ1v) is 6.89. The van der Waals surface area contributed by atoms with E-state index in [1.807, 2.05) is 6.92 Å². The molecular formula is C14H24N2O3. The van der Waals surface area contributed by atoms with E-state index in [1.54, 1.807) is 6.08 Å². The summed E-state index contributed by atoms with van der Waals surface area (Å²) in [6.45, 7) is 5.70. The van der Waals surface area contributed by atoms with Crippen molar-refractivity contribution in [3.63, 3.8) is 0 Å². The summed E-state index contributed by atoms with van der Waals surface area (Å²) in [6.07, 6.45) is 6.64. The highest BCUT2D eigenvalue weighted by molar-refractivity contribution is 5.78. The predicted octanol–water partition coefficient (Wildman–Crippen LogP) is 2.29. The third-order valence-electron chi connectivity index (χ3n) is 3.75. The van der Waals surface area contributed by atoms with Gasteiger partial charge in [0.25, 0.3) is 0 Å². The van der Waals surface area contributed by atoms with Crippen LogP contribution in [0.4, 0.5) is 4.79 Å². The minimum absolute atomic E-state index is 0.00429. The summed E-state index contributed by atoms with van der Waals surface area (Å²) in [7, 11) is 0. The molecule has 1 saturated carbocycles. The SMILES string of the molecule is C=CCC(C)NC(=O)NCC1(C(=O)O)CCCCC1. The molecule has 1 aliphatic carbocycles. The number of hydrogen-bond donors (Lipinski definition) is 3. The van der Waals surface area contributed by atoms with Crippen LogP contribution in [0.2, 0.25) is 0 Å². The number of carboxylic acids is 1. The second kappa shape index (κ2) is 7.16. The second-order valence-corrected chi connectivity index (χ2v) is 5.40. The van der Waals surface area contributed by atoms with E-state index >= 15 is 0 Å². The molecule has 0 radical (unpaired) electrons. The Morgan fingerprint density at radius 1 is 1.37 bits per heavy atom. The molecule has 19 heavy (non-hydrogen) atoms. The van der Waals surface area contributed by atoms with Gasteiger partial charge in [-0.2, -0.15) is 0 Å². The number of rotatable bonds is 6. The zero-order valence-electron chi connectivity index (χ0n) is 11.6. The topological polar surface area (TPSA) is 78.4 Å². The quantitative estimate of drug-likeness (QED) is 0.647. The smallest absolute Gasteiger partial charge is 0.315 e. The van der Waals surface area contributed by atoms with Crippen LogP contribution in [0.15, 0.2) is 12.7 Å². The lowest BCUT2D eigenvalue weighted by molar-refractivity contribution is -0.150. The van der Waals surface area contributed by atoms with Crippen LogP contribution in [0.3, 0.4) is 0 Å². The van der Waals surface area contributed by atoms with Gasteiger partial charge in [-0.3, -0.25) is 4.79 Å². The number of aliphatic carboxylic acids is 1. The van der Waals surface area contributed by atoms with E-state index in [1.165, 1.54) is 0 Å². The molecule has 5 nitrogen and oxygen atoms in total. The van der Waals surface area contributed by atoms with Gasteiger partial charge in [-0.1, -0.05) is 25.3 Å². The fourth-order valence-electron chi connectivity index (χ4n) is 2.53. The lowest BCUT2D eigenvalue weighted by Crippen LogP contribution is -2.48. The van der Waals surface area contributed by atoms with Crippen LogP contribution in [-0.4, -0.2) is 29.7 Å². The predicted molar refractivity (Wildman–Crippen MR) is 74.0 cm³/mol. The number of amides is 2. The number of hydrogen-bond acceptors (Lipinski definition) is 2. The molecule has 0 saturated heterocycles. The summed E-state index contributed by atoms with van der Waals surface area (Å²) in [5.74, 6) is -0.799. The van der Waals surface area contributed by atoms with Crippen LogP contribution in [0.5, 0.6) is 0 Å². The fourth-order valence-corrected chi connectivity index (χ4v) is 2.53. The molecule has 0 bridgehead atoms. The number of urea groups is 1. The zero-order chi connectivity index (χ0) is 14.3. The standard InChI is InChI=1S/C14H24N2O3/c1-3-7-11(2)16-13(19)15-10-14(12(17)18)8-5-4-6-9-14/h3,11H,1,4-10H2,2H3,(H,17,18)(H2,15,16,19). The first-order valence-electron chi connectivity index (χ1n) is 6.89. The Labute approximate surface area is 114 Å². The summed E-state index contributed by atoms with van der Waals surface area (Å²) in [5, 5.41) is 14.8. The van der Waals surface area contributed by atoms with Gasteiger partial charge >= 0.3 is 12.0 Å². The van der Waals surface area contributed by atoms with Gasteiger partial charge in [-0.25, -0.2) is 4.79 Å². The van der Waals surface area contributed by atoms with Crippen molar-refractivity contribution in [3.05, 3.63) is 12.7 Å². The highest BCUT2D eigenvalue weighted by Crippen LogP contribution is 2.35. The molecule has 5 heteroatoms. The largest absolute Gasteiger partial charge is 0.481 e. The van der Waals surface area contributed by atoms with E-state index in [0.717, 1.165) is 19.3 Å². The van der Waals surface area contributed by atoms with Crippen molar-refractivity contribution in [2.75, 3.05) is 6.54 Å². The van der Waals surface area contributed by atoms with Crippen molar-refractivity contribution in [2.24, 2.45) is 5.41 Å². The zero-order valence-corrected chi connectivity index (χ0v) is 11.6. The molecular weight excluding hydrogens is 244 g/mol. The summed E-state index contributed by atoms with van der Waals surface area (Å²) in [6, 6.07) is -0.301. The van der Waals surface area contributed by atoms with Gasteiger partial charge in [-0.15, -0.1) is 6.58 Å².